The predicted molar refractivity (Wildman–Crippen MR) is 124 cm³/mol. The molecule has 0 aliphatic carbocycles. The number of rotatable bonds is 7. The number of hydrogen-bond donors (Lipinski definition) is 1. The highest BCUT2D eigenvalue weighted by Gasteiger charge is 2.34. The fraction of sp³-hybridized carbons (Fsp3) is 0.304. The minimum absolute atomic E-state index is 0.0403. The molecule has 30 heavy (non-hydrogen) atoms. The average molecular weight is 472 g/mol. The number of carbonyl (C=O) groups is 2. The van der Waals surface area contributed by atoms with Crippen molar-refractivity contribution in [1.29, 1.82) is 0 Å². The maximum absolute atomic E-state index is 12.9. The molecule has 1 N–H and O–H groups in total. The maximum Gasteiger partial charge on any atom is 0.282 e. The third-order valence-corrected chi connectivity index (χ3v) is 5.29. The van der Waals surface area contributed by atoms with Crippen LogP contribution in [-0.4, -0.2) is 31.0 Å². The minimum atomic E-state index is -0.439. The monoisotopic (exact) mass is 471 g/mol. The second kappa shape index (κ2) is 9.34. The van der Waals surface area contributed by atoms with E-state index in [1.165, 1.54) is 5.01 Å². The fourth-order valence-electron chi connectivity index (χ4n) is 3.27. The molecule has 158 valence electrons. The maximum atomic E-state index is 12.9. The summed E-state index contributed by atoms with van der Waals surface area (Å²) in [5, 5.41) is 1.26. The molecule has 1 fully saturated rings. The second-order valence-corrected chi connectivity index (χ2v) is 8.09. The van der Waals surface area contributed by atoms with Gasteiger partial charge in [-0.15, -0.1) is 0 Å². The lowest BCUT2D eigenvalue weighted by Crippen LogP contribution is -2.35. The number of hydrazine groups is 1. The van der Waals surface area contributed by atoms with Crippen LogP contribution in [0.25, 0.3) is 6.08 Å². The van der Waals surface area contributed by atoms with E-state index in [1.54, 1.807) is 18.2 Å². The molecule has 7 heteroatoms. The largest absolute Gasteiger partial charge is 0.490 e. The number of anilines is 2. The van der Waals surface area contributed by atoms with Gasteiger partial charge >= 0.3 is 0 Å². The zero-order chi connectivity index (χ0) is 21.8. The molecule has 0 atom stereocenters. The molecule has 6 nitrogen and oxygen atoms in total. The van der Waals surface area contributed by atoms with Crippen molar-refractivity contribution in [3.63, 3.8) is 0 Å². The first-order valence-corrected chi connectivity index (χ1v) is 10.8. The summed E-state index contributed by atoms with van der Waals surface area (Å²) >= 11 is 3.37. The third kappa shape index (κ3) is 4.67. The van der Waals surface area contributed by atoms with Gasteiger partial charge in [0.1, 0.15) is 11.3 Å². The van der Waals surface area contributed by atoms with Crippen molar-refractivity contribution in [3.05, 3.63) is 58.1 Å². The van der Waals surface area contributed by atoms with Gasteiger partial charge in [-0.2, -0.15) is 0 Å². The van der Waals surface area contributed by atoms with Gasteiger partial charge in [0.2, 0.25) is 0 Å². The summed E-state index contributed by atoms with van der Waals surface area (Å²) in [7, 11) is 0. The lowest BCUT2D eigenvalue weighted by Gasteiger charge is -2.23. The summed E-state index contributed by atoms with van der Waals surface area (Å²) in [6.45, 7) is 9.84. The third-order valence-electron chi connectivity index (χ3n) is 4.76. The molecule has 1 saturated heterocycles. The van der Waals surface area contributed by atoms with Gasteiger partial charge in [-0.05, 0) is 70.2 Å². The number of carbonyl (C=O) groups excluding carboxylic acids is 2. The van der Waals surface area contributed by atoms with Crippen LogP contribution in [0.1, 0.15) is 33.3 Å². The minimum Gasteiger partial charge on any atom is -0.490 e. The summed E-state index contributed by atoms with van der Waals surface area (Å²) in [5.74, 6) is -0.193. The molecule has 1 aliphatic heterocycles. The Morgan fingerprint density at radius 3 is 2.37 bits per heavy atom. The lowest BCUT2D eigenvalue weighted by atomic mass is 10.1. The first-order valence-electron chi connectivity index (χ1n) is 10.0. The van der Waals surface area contributed by atoms with Crippen LogP contribution < -0.4 is 20.1 Å². The van der Waals surface area contributed by atoms with E-state index >= 15 is 0 Å². The summed E-state index contributed by atoms with van der Waals surface area (Å²) < 4.78 is 6.89. The van der Waals surface area contributed by atoms with Crippen LogP contribution in [0, 0.1) is 0 Å². The molecule has 0 unspecified atom stereocenters. The molecule has 0 spiro atoms. The number of benzene rings is 2. The Bertz CT molecular complexity index is 966. The Labute approximate surface area is 185 Å². The number of halogens is 1. The van der Waals surface area contributed by atoms with Gasteiger partial charge < -0.3 is 9.64 Å². The van der Waals surface area contributed by atoms with E-state index in [2.05, 4.69) is 40.1 Å². The Morgan fingerprint density at radius 2 is 1.77 bits per heavy atom. The molecule has 2 amide bonds. The number of hydrogen-bond acceptors (Lipinski definition) is 4. The van der Waals surface area contributed by atoms with Crippen LogP contribution in [0.4, 0.5) is 11.4 Å². The van der Waals surface area contributed by atoms with E-state index in [-0.39, 0.29) is 11.7 Å². The van der Waals surface area contributed by atoms with E-state index in [0.29, 0.717) is 17.0 Å². The zero-order valence-electron chi connectivity index (χ0n) is 17.6. The normalized spacial score (nSPS) is 15.1. The van der Waals surface area contributed by atoms with E-state index in [4.69, 9.17) is 4.74 Å². The van der Waals surface area contributed by atoms with Crippen LogP contribution in [0.3, 0.4) is 0 Å². The second-order valence-electron chi connectivity index (χ2n) is 7.18. The average Bonchev–Trinajstić information content (AvgIpc) is 2.99. The first-order chi connectivity index (χ1) is 14.3. The molecular weight excluding hydrogens is 446 g/mol. The molecule has 2 aromatic carbocycles. The highest BCUT2D eigenvalue weighted by molar-refractivity contribution is 9.10. The molecule has 1 heterocycles. The molecule has 0 bridgehead atoms. The lowest BCUT2D eigenvalue weighted by molar-refractivity contribution is -0.117. The van der Waals surface area contributed by atoms with E-state index < -0.39 is 11.8 Å². The smallest absolute Gasteiger partial charge is 0.282 e. The molecule has 0 aromatic heterocycles. The highest BCUT2D eigenvalue weighted by atomic mass is 79.9. The van der Waals surface area contributed by atoms with Crippen LogP contribution >= 0.6 is 15.9 Å². The number of amides is 2. The van der Waals surface area contributed by atoms with Gasteiger partial charge in [0.25, 0.3) is 11.8 Å². The van der Waals surface area contributed by atoms with Crippen molar-refractivity contribution in [2.45, 2.75) is 33.8 Å². The van der Waals surface area contributed by atoms with Gasteiger partial charge in [-0.1, -0.05) is 15.9 Å². The molecule has 0 saturated carbocycles. The molecule has 0 radical (unpaired) electrons. The first kappa shape index (κ1) is 21.9. The number of ether oxygens (including phenoxy) is 1. The summed E-state index contributed by atoms with van der Waals surface area (Å²) in [6, 6.07) is 13.0. The summed E-state index contributed by atoms with van der Waals surface area (Å²) in [4.78, 5) is 27.7. The Balaban J connectivity index is 1.97. The van der Waals surface area contributed by atoms with E-state index in [1.807, 2.05) is 44.2 Å². The van der Waals surface area contributed by atoms with Gasteiger partial charge in [0, 0.05) is 34.9 Å². The highest BCUT2D eigenvalue weighted by Crippen LogP contribution is 2.30. The SMILES string of the molecule is CCN(CC)c1ccc(C=C2C(=O)NN(c3ccc(Br)cc3)C2=O)c(OC(C)C)c1. The standard InChI is InChI=1S/C23H26BrN3O3/c1-5-26(6-2)19-10-7-16(21(14-19)30-15(3)4)13-20-22(28)25-27(23(20)29)18-11-8-17(24)9-12-18/h7-15H,5-6H2,1-4H3,(H,25,28). The Kier molecular flexibility index (Phi) is 6.82. The van der Waals surface area contributed by atoms with Crippen LogP contribution in [-0.2, 0) is 9.59 Å². The number of nitrogens with zero attached hydrogens (tertiary/aromatic N) is 2. The summed E-state index contributed by atoms with van der Waals surface area (Å²) in [5.41, 5.74) is 5.02. The fourth-order valence-corrected chi connectivity index (χ4v) is 3.53. The topological polar surface area (TPSA) is 61.9 Å². The zero-order valence-corrected chi connectivity index (χ0v) is 19.2. The molecule has 1 aliphatic rings. The van der Waals surface area contributed by atoms with Crippen molar-refractivity contribution in [3.8, 4) is 5.75 Å². The quantitative estimate of drug-likeness (QED) is 0.475. The van der Waals surface area contributed by atoms with Crippen LogP contribution in [0.5, 0.6) is 5.75 Å². The van der Waals surface area contributed by atoms with Crippen molar-refractivity contribution in [2.24, 2.45) is 0 Å². The van der Waals surface area contributed by atoms with Crippen molar-refractivity contribution in [2.75, 3.05) is 23.0 Å². The van der Waals surface area contributed by atoms with Crippen LogP contribution in [0.2, 0.25) is 0 Å². The molecule has 3 rings (SSSR count). The predicted octanol–water partition coefficient (Wildman–Crippen LogP) is 4.54. The molecular formula is C23H26BrN3O3. The van der Waals surface area contributed by atoms with Gasteiger partial charge in [-0.3, -0.25) is 15.0 Å². The van der Waals surface area contributed by atoms with Crippen molar-refractivity contribution >= 4 is 45.2 Å². The van der Waals surface area contributed by atoms with Gasteiger partial charge in [-0.25, -0.2) is 5.01 Å². The van der Waals surface area contributed by atoms with Crippen LogP contribution in [0.15, 0.2) is 52.5 Å². The van der Waals surface area contributed by atoms with Crippen molar-refractivity contribution < 1.29 is 14.3 Å². The van der Waals surface area contributed by atoms with E-state index in [0.717, 1.165) is 23.2 Å². The molecule has 2 aromatic rings. The number of nitrogens with one attached hydrogen (secondary N) is 1. The Morgan fingerprint density at radius 1 is 1.10 bits per heavy atom. The van der Waals surface area contributed by atoms with E-state index in [9.17, 15) is 9.59 Å². The van der Waals surface area contributed by atoms with Crippen molar-refractivity contribution in [1.82, 2.24) is 5.43 Å². The summed E-state index contributed by atoms with van der Waals surface area (Å²) in [6.07, 6.45) is 1.56. The Hall–Kier alpha value is -2.80. The van der Waals surface area contributed by atoms with Gasteiger partial charge in [0.15, 0.2) is 0 Å². The van der Waals surface area contributed by atoms with Gasteiger partial charge in [0.05, 0.1) is 11.8 Å².